The van der Waals surface area contributed by atoms with E-state index in [1.54, 1.807) is 0 Å². The highest BCUT2D eigenvalue weighted by molar-refractivity contribution is 9.10. The van der Waals surface area contributed by atoms with Gasteiger partial charge in [-0.05, 0) is 12.0 Å². The zero-order chi connectivity index (χ0) is 8.29. The summed E-state index contributed by atoms with van der Waals surface area (Å²) in [5.41, 5.74) is 2.77. The molecule has 12 heavy (non-hydrogen) atoms. The maximum atomic E-state index is 4.09. The van der Waals surface area contributed by atoms with Crippen LogP contribution in [-0.4, -0.2) is 19.9 Å². The van der Waals surface area contributed by atoms with Crippen molar-refractivity contribution >= 4 is 31.9 Å². The first kappa shape index (κ1) is 7.56. The lowest BCUT2D eigenvalue weighted by atomic mass is 9.98. The second kappa shape index (κ2) is 2.35. The second-order valence-corrected chi connectivity index (χ2v) is 5.80. The summed E-state index contributed by atoms with van der Waals surface area (Å²) in [6.45, 7) is 0. The van der Waals surface area contributed by atoms with Crippen molar-refractivity contribution in [2.24, 2.45) is 0 Å². The van der Waals surface area contributed by atoms with Crippen LogP contribution in [0.25, 0.3) is 0 Å². The quantitative estimate of drug-likeness (QED) is 0.731. The van der Waals surface area contributed by atoms with Crippen molar-refractivity contribution < 1.29 is 0 Å². The van der Waals surface area contributed by atoms with Crippen LogP contribution in [0.15, 0.2) is 6.20 Å². The van der Waals surface area contributed by atoms with Gasteiger partial charge in [0, 0.05) is 27.2 Å². The molecule has 2 aliphatic rings. The fraction of sp³-hybridized carbons (Fsp3) is 0.625. The predicted molar refractivity (Wildman–Crippen MR) is 54.1 cm³/mol. The number of rotatable bonds is 0. The van der Waals surface area contributed by atoms with E-state index in [4.69, 9.17) is 0 Å². The Morgan fingerprint density at radius 2 is 2.33 bits per heavy atom. The van der Waals surface area contributed by atoms with Gasteiger partial charge >= 0.3 is 0 Å². The molecule has 0 aliphatic heterocycles. The number of hydrogen-bond acceptors (Lipinski definition) is 1. The molecule has 1 saturated carbocycles. The number of H-pyrrole nitrogens is 1. The summed E-state index contributed by atoms with van der Waals surface area (Å²) in [6.07, 6.45) is 3.21. The van der Waals surface area contributed by atoms with Gasteiger partial charge in [0.1, 0.15) is 0 Å². The second-order valence-electron chi connectivity index (χ2n) is 3.57. The molecule has 0 unspecified atom stereocenters. The number of halogens is 2. The van der Waals surface area contributed by atoms with Crippen LogP contribution in [0, 0.1) is 0 Å². The van der Waals surface area contributed by atoms with Crippen LogP contribution >= 0.6 is 31.9 Å². The molecule has 2 nitrogen and oxygen atoms in total. The predicted octanol–water partition coefficient (Wildman–Crippen LogP) is 2.52. The minimum atomic E-state index is 0.617. The maximum absolute atomic E-state index is 4.09. The van der Waals surface area contributed by atoms with Crippen LogP contribution in [0.2, 0.25) is 0 Å². The molecular formula is C8H8Br2N2. The number of aromatic amines is 1. The van der Waals surface area contributed by atoms with Gasteiger partial charge in [-0.15, -0.1) is 0 Å². The average Bonchev–Trinajstić information content (AvgIpc) is 2.61. The molecule has 4 heteroatoms. The average molecular weight is 292 g/mol. The van der Waals surface area contributed by atoms with Crippen LogP contribution in [0.4, 0.5) is 0 Å². The summed E-state index contributed by atoms with van der Waals surface area (Å²) in [4.78, 5) is 1.25. The molecule has 0 spiro atoms. The van der Waals surface area contributed by atoms with E-state index in [-0.39, 0.29) is 0 Å². The van der Waals surface area contributed by atoms with Crippen LogP contribution < -0.4 is 0 Å². The normalized spacial score (nSPS) is 43.5. The molecule has 1 aromatic heterocycles. The monoisotopic (exact) mass is 290 g/mol. The first-order valence-electron chi connectivity index (χ1n) is 4.10. The van der Waals surface area contributed by atoms with Crippen molar-refractivity contribution in [2.75, 3.05) is 0 Å². The molecular weight excluding hydrogens is 284 g/mol. The van der Waals surface area contributed by atoms with Gasteiger partial charge in [-0.3, -0.25) is 5.10 Å². The number of alkyl halides is 2. The van der Waals surface area contributed by atoms with Gasteiger partial charge in [-0.25, -0.2) is 0 Å². The minimum Gasteiger partial charge on any atom is -0.282 e. The molecule has 2 bridgehead atoms. The Kier molecular flexibility index (Phi) is 1.48. The first-order chi connectivity index (χ1) is 5.79. The van der Waals surface area contributed by atoms with Crippen molar-refractivity contribution in [3.05, 3.63) is 17.5 Å². The Bertz CT molecular complexity index is 323. The van der Waals surface area contributed by atoms with Crippen molar-refractivity contribution in [3.8, 4) is 0 Å². The number of fused-ring (bicyclic) bond motifs is 5. The summed E-state index contributed by atoms with van der Waals surface area (Å²) in [7, 11) is 0. The Morgan fingerprint density at radius 1 is 1.50 bits per heavy atom. The highest BCUT2D eigenvalue weighted by Crippen LogP contribution is 2.57. The molecule has 2 aliphatic carbocycles. The third-order valence-corrected chi connectivity index (χ3v) is 5.18. The zero-order valence-corrected chi connectivity index (χ0v) is 9.47. The first-order valence-corrected chi connectivity index (χ1v) is 5.93. The maximum Gasteiger partial charge on any atom is 0.0525 e. The standard InChI is InChI=1S/C8H8Br2N2/c9-5-1-3-7(10)6(5)4-2-11-12-8(3)4/h2-3,5-7H,1H2,(H,11,12)/t3-,5-,6+,7+/m1/s1. The highest BCUT2D eigenvalue weighted by Gasteiger charge is 2.50. The number of nitrogens with one attached hydrogen (secondary N) is 1. The molecule has 1 fully saturated rings. The van der Waals surface area contributed by atoms with Gasteiger partial charge in [-0.2, -0.15) is 5.10 Å². The van der Waals surface area contributed by atoms with Crippen molar-refractivity contribution in [1.82, 2.24) is 10.2 Å². The Morgan fingerprint density at radius 3 is 3.17 bits per heavy atom. The fourth-order valence-corrected chi connectivity index (χ4v) is 5.04. The number of hydrogen-bond donors (Lipinski definition) is 1. The molecule has 3 rings (SSSR count). The molecule has 0 amide bonds. The lowest BCUT2D eigenvalue weighted by Crippen LogP contribution is -2.09. The van der Waals surface area contributed by atoms with Gasteiger partial charge in [0.25, 0.3) is 0 Å². The molecule has 4 atom stereocenters. The van der Waals surface area contributed by atoms with E-state index in [0.29, 0.717) is 21.5 Å². The van der Waals surface area contributed by atoms with Crippen LogP contribution in [0.3, 0.4) is 0 Å². The smallest absolute Gasteiger partial charge is 0.0525 e. The lowest BCUT2D eigenvalue weighted by Gasteiger charge is -2.14. The van der Waals surface area contributed by atoms with Crippen LogP contribution in [-0.2, 0) is 0 Å². The van der Waals surface area contributed by atoms with E-state index in [2.05, 4.69) is 42.1 Å². The molecule has 1 heterocycles. The van der Waals surface area contributed by atoms with Gasteiger partial charge < -0.3 is 0 Å². The third kappa shape index (κ3) is 0.732. The van der Waals surface area contributed by atoms with Gasteiger partial charge in [0.05, 0.1) is 6.20 Å². The highest BCUT2D eigenvalue weighted by atomic mass is 79.9. The molecule has 0 aromatic carbocycles. The van der Waals surface area contributed by atoms with Crippen molar-refractivity contribution in [3.63, 3.8) is 0 Å². The van der Waals surface area contributed by atoms with Gasteiger partial charge in [-0.1, -0.05) is 31.9 Å². The largest absolute Gasteiger partial charge is 0.282 e. The summed E-state index contributed by atoms with van der Waals surface area (Å²) in [5.74, 6) is 1.28. The van der Waals surface area contributed by atoms with E-state index in [1.807, 2.05) is 6.20 Å². The molecule has 0 radical (unpaired) electrons. The SMILES string of the molecule is Br[C@@H]1[C@H]2c3cn[nH]c3[C@@H]1C[C@H]2Br. The summed E-state index contributed by atoms with van der Waals surface area (Å²) in [6, 6.07) is 0. The Balaban J connectivity index is 2.17. The van der Waals surface area contributed by atoms with Crippen LogP contribution in [0.1, 0.15) is 29.5 Å². The van der Waals surface area contributed by atoms with E-state index < -0.39 is 0 Å². The lowest BCUT2D eigenvalue weighted by molar-refractivity contribution is 0.720. The Labute approximate surface area is 87.4 Å². The molecule has 1 aromatic rings. The summed E-state index contributed by atoms with van der Waals surface area (Å²) in [5, 5.41) is 7.19. The van der Waals surface area contributed by atoms with E-state index in [9.17, 15) is 0 Å². The van der Waals surface area contributed by atoms with E-state index in [1.165, 1.54) is 17.7 Å². The molecule has 64 valence electrons. The van der Waals surface area contributed by atoms with Crippen molar-refractivity contribution in [2.45, 2.75) is 27.9 Å². The fourth-order valence-electron chi connectivity index (χ4n) is 2.48. The molecule has 0 saturated heterocycles. The third-order valence-electron chi connectivity index (χ3n) is 3.03. The van der Waals surface area contributed by atoms with E-state index in [0.717, 1.165) is 0 Å². The summed E-state index contributed by atoms with van der Waals surface area (Å²) < 4.78 is 0. The summed E-state index contributed by atoms with van der Waals surface area (Å²) >= 11 is 7.47. The van der Waals surface area contributed by atoms with Crippen LogP contribution in [0.5, 0.6) is 0 Å². The van der Waals surface area contributed by atoms with Gasteiger partial charge in [0.2, 0.25) is 0 Å². The van der Waals surface area contributed by atoms with Gasteiger partial charge in [0.15, 0.2) is 0 Å². The number of nitrogens with zero attached hydrogens (tertiary/aromatic N) is 1. The topological polar surface area (TPSA) is 28.7 Å². The molecule has 1 N–H and O–H groups in total. The Hall–Kier alpha value is 0.170. The van der Waals surface area contributed by atoms with Crippen molar-refractivity contribution in [1.29, 1.82) is 0 Å². The minimum absolute atomic E-state index is 0.617. The zero-order valence-electron chi connectivity index (χ0n) is 6.30. The number of aromatic nitrogens is 2. The van der Waals surface area contributed by atoms with E-state index >= 15 is 0 Å².